The van der Waals surface area contributed by atoms with Gasteiger partial charge in [-0.25, -0.2) is 4.68 Å². The highest BCUT2D eigenvalue weighted by Crippen LogP contribution is 2.23. The average molecular weight is 335 g/mol. The van der Waals surface area contributed by atoms with E-state index >= 15 is 0 Å². The third-order valence-electron chi connectivity index (χ3n) is 3.99. The molecule has 0 aromatic carbocycles. The van der Waals surface area contributed by atoms with E-state index in [0.29, 0.717) is 17.7 Å². The number of tetrazole rings is 1. The molecule has 1 aliphatic carbocycles. The first kappa shape index (κ1) is 16.0. The van der Waals surface area contributed by atoms with Crippen molar-refractivity contribution in [3.8, 4) is 0 Å². The fourth-order valence-corrected chi connectivity index (χ4v) is 3.51. The Morgan fingerprint density at radius 3 is 3.04 bits per heavy atom. The Bertz CT molecular complexity index is 622. The second-order valence-electron chi connectivity index (χ2n) is 5.80. The summed E-state index contributed by atoms with van der Waals surface area (Å²) in [6.45, 7) is 2.34. The molecule has 0 aliphatic heterocycles. The van der Waals surface area contributed by atoms with Gasteiger partial charge >= 0.3 is 0 Å². The standard InChI is InChI=1S/C15H21N5O2S/c1-11(14(21)16-12-6-3-2-4-7-12)23-15-17-18-19-20(15)10-13-8-5-9-22-13/h5,8-9,11-12H,2-4,6-7,10H2,1H3,(H,16,21). The number of aromatic nitrogens is 4. The van der Waals surface area contributed by atoms with Crippen molar-refractivity contribution in [2.75, 3.05) is 0 Å². The zero-order chi connectivity index (χ0) is 16.1. The Morgan fingerprint density at radius 1 is 1.48 bits per heavy atom. The Morgan fingerprint density at radius 2 is 2.30 bits per heavy atom. The molecular weight excluding hydrogens is 314 g/mol. The van der Waals surface area contributed by atoms with Crippen LogP contribution in [-0.2, 0) is 11.3 Å². The van der Waals surface area contributed by atoms with Crippen LogP contribution in [0.3, 0.4) is 0 Å². The number of amides is 1. The van der Waals surface area contributed by atoms with Gasteiger partial charge in [0.05, 0.1) is 11.5 Å². The zero-order valence-corrected chi connectivity index (χ0v) is 14.0. The van der Waals surface area contributed by atoms with Crippen LogP contribution in [0.2, 0.25) is 0 Å². The number of hydrogen-bond donors (Lipinski definition) is 1. The van der Waals surface area contributed by atoms with Crippen LogP contribution >= 0.6 is 11.8 Å². The van der Waals surface area contributed by atoms with Gasteiger partial charge in [-0.05, 0) is 42.3 Å². The molecule has 2 aromatic rings. The summed E-state index contributed by atoms with van der Waals surface area (Å²) in [5.41, 5.74) is 0. The molecule has 7 nitrogen and oxygen atoms in total. The smallest absolute Gasteiger partial charge is 0.233 e. The number of furan rings is 1. The van der Waals surface area contributed by atoms with Gasteiger partial charge < -0.3 is 9.73 Å². The number of thioether (sulfide) groups is 1. The van der Waals surface area contributed by atoms with Gasteiger partial charge in [-0.1, -0.05) is 31.0 Å². The van der Waals surface area contributed by atoms with Crippen molar-refractivity contribution in [1.29, 1.82) is 0 Å². The van der Waals surface area contributed by atoms with Crippen LogP contribution in [0.5, 0.6) is 0 Å². The number of carbonyl (C=O) groups is 1. The Labute approximate surface area is 139 Å². The van der Waals surface area contributed by atoms with Gasteiger partial charge in [0.1, 0.15) is 12.3 Å². The molecule has 1 aliphatic rings. The number of nitrogens with one attached hydrogen (secondary N) is 1. The minimum atomic E-state index is -0.238. The summed E-state index contributed by atoms with van der Waals surface area (Å²) in [6.07, 6.45) is 7.46. The highest BCUT2D eigenvalue weighted by molar-refractivity contribution is 8.00. The first-order valence-electron chi connectivity index (χ1n) is 7.98. The average Bonchev–Trinajstić information content (AvgIpc) is 3.21. The van der Waals surface area contributed by atoms with Gasteiger partial charge in [0.25, 0.3) is 0 Å². The molecule has 1 saturated carbocycles. The Balaban J connectivity index is 1.56. The van der Waals surface area contributed by atoms with Crippen LogP contribution in [0.1, 0.15) is 44.8 Å². The molecule has 1 amide bonds. The van der Waals surface area contributed by atoms with Crippen molar-refractivity contribution < 1.29 is 9.21 Å². The van der Waals surface area contributed by atoms with Gasteiger partial charge in [0, 0.05) is 6.04 Å². The van der Waals surface area contributed by atoms with Gasteiger partial charge in [-0.15, -0.1) is 5.10 Å². The molecule has 0 saturated heterocycles. The predicted octanol–water partition coefficient (Wildman–Crippen LogP) is 2.24. The molecule has 0 spiro atoms. The highest BCUT2D eigenvalue weighted by atomic mass is 32.2. The summed E-state index contributed by atoms with van der Waals surface area (Å²) in [5.74, 6) is 0.827. The molecular formula is C15H21N5O2S. The Kier molecular flexibility index (Phi) is 5.32. The van der Waals surface area contributed by atoms with Crippen molar-refractivity contribution in [2.24, 2.45) is 0 Å². The molecule has 1 fully saturated rings. The van der Waals surface area contributed by atoms with E-state index in [4.69, 9.17) is 4.42 Å². The molecule has 1 atom stereocenters. The predicted molar refractivity (Wildman–Crippen MR) is 86.0 cm³/mol. The minimum Gasteiger partial charge on any atom is -0.467 e. The summed E-state index contributed by atoms with van der Waals surface area (Å²) in [4.78, 5) is 12.3. The van der Waals surface area contributed by atoms with Crippen molar-refractivity contribution in [2.45, 2.75) is 62.0 Å². The highest BCUT2D eigenvalue weighted by Gasteiger charge is 2.22. The third-order valence-corrected chi connectivity index (χ3v) is 5.06. The molecule has 8 heteroatoms. The van der Waals surface area contributed by atoms with Crippen molar-refractivity contribution in [3.63, 3.8) is 0 Å². The third kappa shape index (κ3) is 4.34. The van der Waals surface area contributed by atoms with E-state index in [2.05, 4.69) is 20.8 Å². The van der Waals surface area contributed by atoms with Gasteiger partial charge in [0.15, 0.2) is 0 Å². The summed E-state index contributed by atoms with van der Waals surface area (Å²) in [6, 6.07) is 4.01. The molecule has 1 unspecified atom stereocenters. The summed E-state index contributed by atoms with van der Waals surface area (Å²) >= 11 is 1.37. The van der Waals surface area contributed by atoms with Crippen LogP contribution in [0, 0.1) is 0 Å². The van der Waals surface area contributed by atoms with Crippen LogP contribution < -0.4 is 5.32 Å². The van der Waals surface area contributed by atoms with E-state index in [1.54, 1.807) is 10.9 Å². The zero-order valence-electron chi connectivity index (χ0n) is 13.1. The summed E-state index contributed by atoms with van der Waals surface area (Å²) < 4.78 is 6.96. The van der Waals surface area contributed by atoms with E-state index in [0.717, 1.165) is 18.6 Å². The first-order valence-corrected chi connectivity index (χ1v) is 8.86. The lowest BCUT2D eigenvalue weighted by Crippen LogP contribution is -2.40. The number of carbonyl (C=O) groups excluding carboxylic acids is 1. The van der Waals surface area contributed by atoms with Crippen molar-refractivity contribution in [3.05, 3.63) is 24.2 Å². The summed E-state index contributed by atoms with van der Waals surface area (Å²) in [7, 11) is 0. The van der Waals surface area contributed by atoms with E-state index in [9.17, 15) is 4.79 Å². The lowest BCUT2D eigenvalue weighted by atomic mass is 9.95. The second-order valence-corrected chi connectivity index (χ2v) is 7.11. The van der Waals surface area contributed by atoms with Crippen LogP contribution in [0.4, 0.5) is 0 Å². The normalized spacial score (nSPS) is 17.1. The molecule has 2 aromatic heterocycles. The van der Waals surface area contributed by atoms with E-state index in [1.165, 1.54) is 31.0 Å². The topological polar surface area (TPSA) is 85.8 Å². The van der Waals surface area contributed by atoms with Crippen molar-refractivity contribution >= 4 is 17.7 Å². The Hall–Kier alpha value is -1.83. The SMILES string of the molecule is CC(Sc1nnnn1Cc1ccco1)C(=O)NC1CCCCC1. The molecule has 2 heterocycles. The molecule has 1 N–H and O–H groups in total. The van der Waals surface area contributed by atoms with Gasteiger partial charge in [0.2, 0.25) is 11.1 Å². The maximum atomic E-state index is 12.3. The van der Waals surface area contributed by atoms with E-state index in [-0.39, 0.29) is 11.2 Å². The number of hydrogen-bond acceptors (Lipinski definition) is 6. The minimum absolute atomic E-state index is 0.0504. The summed E-state index contributed by atoms with van der Waals surface area (Å²) in [5, 5.41) is 15.2. The van der Waals surface area contributed by atoms with E-state index in [1.807, 2.05) is 19.1 Å². The fraction of sp³-hybridized carbons (Fsp3) is 0.600. The van der Waals surface area contributed by atoms with Crippen LogP contribution in [0.15, 0.2) is 28.0 Å². The molecule has 124 valence electrons. The maximum Gasteiger partial charge on any atom is 0.233 e. The van der Waals surface area contributed by atoms with Gasteiger partial charge in [-0.2, -0.15) is 0 Å². The van der Waals surface area contributed by atoms with Crippen LogP contribution in [0.25, 0.3) is 0 Å². The maximum absolute atomic E-state index is 12.3. The fourth-order valence-electron chi connectivity index (χ4n) is 2.71. The second kappa shape index (κ2) is 7.63. The van der Waals surface area contributed by atoms with E-state index < -0.39 is 0 Å². The molecule has 0 radical (unpaired) electrons. The molecule has 23 heavy (non-hydrogen) atoms. The molecule has 0 bridgehead atoms. The largest absolute Gasteiger partial charge is 0.467 e. The monoisotopic (exact) mass is 335 g/mol. The number of nitrogens with zero attached hydrogens (tertiary/aromatic N) is 4. The number of rotatable bonds is 6. The van der Waals surface area contributed by atoms with Gasteiger partial charge in [-0.3, -0.25) is 4.79 Å². The molecule has 3 rings (SSSR count). The lowest BCUT2D eigenvalue weighted by molar-refractivity contribution is -0.121. The lowest BCUT2D eigenvalue weighted by Gasteiger charge is -2.24. The van der Waals surface area contributed by atoms with Crippen LogP contribution in [-0.4, -0.2) is 37.4 Å². The van der Waals surface area contributed by atoms with Crippen molar-refractivity contribution in [1.82, 2.24) is 25.5 Å². The first-order chi connectivity index (χ1) is 11.2. The quantitative estimate of drug-likeness (QED) is 0.815.